The number of rotatable bonds is 3. The average Bonchev–Trinajstić information content (AvgIpc) is 2.72. The van der Waals surface area contributed by atoms with Crippen LogP contribution in [0.2, 0.25) is 0 Å². The van der Waals surface area contributed by atoms with E-state index in [0.29, 0.717) is 38.3 Å². The Bertz CT molecular complexity index is 516. The predicted octanol–water partition coefficient (Wildman–Crippen LogP) is 0.357. The van der Waals surface area contributed by atoms with E-state index >= 15 is 0 Å². The van der Waals surface area contributed by atoms with E-state index in [4.69, 9.17) is 0 Å². The van der Waals surface area contributed by atoms with Gasteiger partial charge in [-0.05, 0) is 26.7 Å². The van der Waals surface area contributed by atoms with Crippen LogP contribution in [-0.2, 0) is 16.6 Å². The van der Waals surface area contributed by atoms with E-state index in [1.165, 1.54) is 4.31 Å². The molecule has 0 radical (unpaired) electrons. The van der Waals surface area contributed by atoms with Crippen molar-refractivity contribution in [3.8, 4) is 0 Å². The highest BCUT2D eigenvalue weighted by atomic mass is 32.2. The monoisotopic (exact) mass is 273 g/mol. The highest BCUT2D eigenvalue weighted by Gasteiger charge is 2.30. The average molecular weight is 273 g/mol. The van der Waals surface area contributed by atoms with Gasteiger partial charge in [-0.3, -0.25) is 0 Å². The summed E-state index contributed by atoms with van der Waals surface area (Å²) in [5.74, 6) is 0.702. The van der Waals surface area contributed by atoms with Gasteiger partial charge in [0.2, 0.25) is 0 Å². The lowest BCUT2D eigenvalue weighted by molar-refractivity contribution is 0.113. The molecule has 0 aliphatic carbocycles. The molecule has 1 aliphatic heterocycles. The van der Waals surface area contributed by atoms with E-state index in [-0.39, 0.29) is 11.1 Å². The molecule has 6 nitrogen and oxygen atoms in total. The Labute approximate surface area is 107 Å². The van der Waals surface area contributed by atoms with Gasteiger partial charge in [0.25, 0.3) is 10.0 Å². The summed E-state index contributed by atoms with van der Waals surface area (Å²) in [4.78, 5) is 4.12. The van der Waals surface area contributed by atoms with Crippen molar-refractivity contribution >= 4 is 10.0 Å². The molecule has 1 saturated heterocycles. The molecule has 2 heterocycles. The lowest BCUT2D eigenvalue weighted by Gasteiger charge is -2.27. The van der Waals surface area contributed by atoms with Crippen molar-refractivity contribution in [2.75, 3.05) is 13.1 Å². The molecule has 18 heavy (non-hydrogen) atoms. The van der Waals surface area contributed by atoms with Gasteiger partial charge in [-0.15, -0.1) is 0 Å². The minimum absolute atomic E-state index is 0.109. The van der Waals surface area contributed by atoms with Crippen LogP contribution < -0.4 is 0 Å². The number of sulfonamides is 1. The Hall–Kier alpha value is -0.920. The number of aliphatic hydroxyl groups is 1. The molecule has 0 unspecified atom stereocenters. The second kappa shape index (κ2) is 4.99. The first kappa shape index (κ1) is 13.5. The molecule has 1 fully saturated rings. The van der Waals surface area contributed by atoms with Gasteiger partial charge in [0.1, 0.15) is 5.82 Å². The Kier molecular flexibility index (Phi) is 3.74. The number of imidazole rings is 1. The summed E-state index contributed by atoms with van der Waals surface area (Å²) in [7, 11) is -3.51. The van der Waals surface area contributed by atoms with Gasteiger partial charge in [0.15, 0.2) is 5.03 Å². The topological polar surface area (TPSA) is 75.4 Å². The molecule has 0 amide bonds. The number of hydrogen-bond acceptors (Lipinski definition) is 4. The molecule has 1 aromatic heterocycles. The van der Waals surface area contributed by atoms with Gasteiger partial charge < -0.3 is 9.67 Å². The van der Waals surface area contributed by atoms with E-state index in [1.807, 2.05) is 11.5 Å². The SMILES string of the molecule is CCn1cc(S(=O)(=O)N2CCC(O)CC2)nc1C. The largest absolute Gasteiger partial charge is 0.393 e. The third-order valence-corrected chi connectivity index (χ3v) is 5.09. The van der Waals surface area contributed by atoms with Gasteiger partial charge in [0.05, 0.1) is 6.10 Å². The number of aryl methyl sites for hydroxylation is 2. The highest BCUT2D eigenvalue weighted by Crippen LogP contribution is 2.20. The Balaban J connectivity index is 2.24. The highest BCUT2D eigenvalue weighted by molar-refractivity contribution is 7.89. The second-order valence-electron chi connectivity index (χ2n) is 4.55. The van der Waals surface area contributed by atoms with Gasteiger partial charge in [-0.2, -0.15) is 4.31 Å². The van der Waals surface area contributed by atoms with E-state index < -0.39 is 10.0 Å². The molecule has 7 heteroatoms. The summed E-state index contributed by atoms with van der Waals surface area (Å²) < 4.78 is 27.9. The molecule has 0 bridgehead atoms. The number of nitrogens with zero attached hydrogens (tertiary/aromatic N) is 3. The Morgan fingerprint density at radius 2 is 2.06 bits per heavy atom. The van der Waals surface area contributed by atoms with Crippen LogP contribution in [0, 0.1) is 6.92 Å². The third kappa shape index (κ3) is 2.43. The summed E-state index contributed by atoms with van der Waals surface area (Å²) in [6.45, 7) is 5.17. The minimum atomic E-state index is -3.51. The molecular formula is C11H19N3O3S. The molecule has 2 rings (SSSR count). The molecule has 102 valence electrons. The van der Waals surface area contributed by atoms with Crippen molar-refractivity contribution in [3.63, 3.8) is 0 Å². The van der Waals surface area contributed by atoms with Crippen LogP contribution in [0.4, 0.5) is 0 Å². The Morgan fingerprint density at radius 3 is 2.56 bits per heavy atom. The van der Waals surface area contributed by atoms with Crippen LogP contribution in [0.5, 0.6) is 0 Å². The second-order valence-corrected chi connectivity index (χ2v) is 6.43. The summed E-state index contributed by atoms with van der Waals surface area (Å²) >= 11 is 0. The van der Waals surface area contributed by atoms with Crippen LogP contribution in [-0.4, -0.2) is 46.6 Å². The van der Waals surface area contributed by atoms with Gasteiger partial charge in [0, 0.05) is 25.8 Å². The van der Waals surface area contributed by atoms with Gasteiger partial charge in [-0.25, -0.2) is 13.4 Å². The molecule has 1 aliphatic rings. The Morgan fingerprint density at radius 1 is 1.44 bits per heavy atom. The lowest BCUT2D eigenvalue weighted by atomic mass is 10.1. The van der Waals surface area contributed by atoms with Crippen LogP contribution >= 0.6 is 0 Å². The predicted molar refractivity (Wildman–Crippen MR) is 66.6 cm³/mol. The normalized spacial score (nSPS) is 19.3. The third-order valence-electron chi connectivity index (χ3n) is 3.32. The summed E-state index contributed by atoms with van der Waals surface area (Å²) in [6, 6.07) is 0. The van der Waals surface area contributed by atoms with E-state index in [9.17, 15) is 13.5 Å². The zero-order valence-corrected chi connectivity index (χ0v) is 11.5. The molecule has 0 spiro atoms. The first-order valence-electron chi connectivity index (χ1n) is 6.17. The van der Waals surface area contributed by atoms with E-state index in [0.717, 1.165) is 0 Å². The van der Waals surface area contributed by atoms with Crippen molar-refractivity contribution in [3.05, 3.63) is 12.0 Å². The van der Waals surface area contributed by atoms with Crippen molar-refractivity contribution in [2.45, 2.75) is 44.4 Å². The maximum Gasteiger partial charge on any atom is 0.262 e. The number of piperidine rings is 1. The molecule has 0 aromatic carbocycles. The quantitative estimate of drug-likeness (QED) is 0.862. The summed E-state index contributed by atoms with van der Waals surface area (Å²) in [5, 5.41) is 9.52. The first-order valence-corrected chi connectivity index (χ1v) is 7.61. The lowest BCUT2D eigenvalue weighted by Crippen LogP contribution is -2.40. The van der Waals surface area contributed by atoms with Crippen molar-refractivity contribution < 1.29 is 13.5 Å². The summed E-state index contributed by atoms with van der Waals surface area (Å²) in [5.41, 5.74) is 0. The van der Waals surface area contributed by atoms with Crippen molar-refractivity contribution in [2.24, 2.45) is 0 Å². The van der Waals surface area contributed by atoms with Crippen LogP contribution in [0.1, 0.15) is 25.6 Å². The molecule has 1 aromatic rings. The maximum absolute atomic E-state index is 12.3. The number of hydrogen-bond donors (Lipinski definition) is 1. The van der Waals surface area contributed by atoms with E-state index in [2.05, 4.69) is 4.98 Å². The fourth-order valence-corrected chi connectivity index (χ4v) is 3.60. The molecular weight excluding hydrogens is 254 g/mol. The molecule has 1 N–H and O–H groups in total. The summed E-state index contributed by atoms with van der Waals surface area (Å²) in [6.07, 6.45) is 2.18. The first-order chi connectivity index (χ1) is 8.45. The number of aromatic nitrogens is 2. The van der Waals surface area contributed by atoms with Crippen molar-refractivity contribution in [1.29, 1.82) is 0 Å². The van der Waals surface area contributed by atoms with Gasteiger partial charge in [-0.1, -0.05) is 0 Å². The zero-order valence-electron chi connectivity index (χ0n) is 10.7. The standard InChI is InChI=1S/C11H19N3O3S/c1-3-13-8-11(12-9(13)2)18(16,17)14-6-4-10(15)5-7-14/h8,10,15H,3-7H2,1-2H3. The number of aliphatic hydroxyl groups excluding tert-OH is 1. The van der Waals surface area contributed by atoms with Crippen LogP contribution in [0.15, 0.2) is 11.2 Å². The molecule has 0 saturated carbocycles. The molecule has 0 atom stereocenters. The van der Waals surface area contributed by atoms with Crippen molar-refractivity contribution in [1.82, 2.24) is 13.9 Å². The minimum Gasteiger partial charge on any atom is -0.393 e. The van der Waals surface area contributed by atoms with Gasteiger partial charge >= 0.3 is 0 Å². The van der Waals surface area contributed by atoms with E-state index in [1.54, 1.807) is 13.1 Å². The smallest absolute Gasteiger partial charge is 0.262 e. The van der Waals surface area contributed by atoms with Crippen LogP contribution in [0.3, 0.4) is 0 Å². The fourth-order valence-electron chi connectivity index (χ4n) is 2.14. The maximum atomic E-state index is 12.3. The zero-order chi connectivity index (χ0) is 13.3. The van der Waals surface area contributed by atoms with Crippen LogP contribution in [0.25, 0.3) is 0 Å². The fraction of sp³-hybridized carbons (Fsp3) is 0.727.